The van der Waals surface area contributed by atoms with Crippen molar-refractivity contribution in [3.63, 3.8) is 0 Å². The van der Waals surface area contributed by atoms with Gasteiger partial charge in [-0.1, -0.05) is 23.7 Å². The summed E-state index contributed by atoms with van der Waals surface area (Å²) in [5.74, 6) is -1.62. The van der Waals surface area contributed by atoms with E-state index in [0.717, 1.165) is 5.52 Å². The first-order chi connectivity index (χ1) is 15.4. The molecule has 4 aromatic rings. The Morgan fingerprint density at radius 3 is 2.41 bits per heavy atom. The second-order valence-corrected chi connectivity index (χ2v) is 7.38. The van der Waals surface area contributed by atoms with E-state index in [1.165, 1.54) is 31.4 Å². The second-order valence-electron chi connectivity index (χ2n) is 6.98. The summed E-state index contributed by atoms with van der Waals surface area (Å²) in [6.45, 7) is 0. The van der Waals surface area contributed by atoms with E-state index in [0.29, 0.717) is 33.1 Å². The highest BCUT2D eigenvalue weighted by molar-refractivity contribution is 6.47. The number of carbonyl (C=O) groups excluding carboxylic acids is 3. The average molecular weight is 448 g/mol. The van der Waals surface area contributed by atoms with Crippen LogP contribution in [0.5, 0.6) is 5.75 Å². The third-order valence-corrected chi connectivity index (χ3v) is 5.29. The van der Waals surface area contributed by atoms with Crippen molar-refractivity contribution in [1.82, 2.24) is 4.40 Å². The highest BCUT2D eigenvalue weighted by atomic mass is 35.5. The number of methoxy groups -OCH3 is 1. The van der Waals surface area contributed by atoms with E-state index in [1.54, 1.807) is 34.9 Å². The zero-order valence-electron chi connectivity index (χ0n) is 17.0. The van der Waals surface area contributed by atoms with Crippen molar-refractivity contribution in [3.8, 4) is 16.9 Å². The molecule has 0 spiro atoms. The van der Waals surface area contributed by atoms with E-state index in [1.807, 2.05) is 18.2 Å². The summed E-state index contributed by atoms with van der Waals surface area (Å²) in [5, 5.41) is 2.96. The van der Waals surface area contributed by atoms with Gasteiger partial charge in [-0.3, -0.25) is 14.4 Å². The van der Waals surface area contributed by atoms with Gasteiger partial charge in [0.05, 0.1) is 12.1 Å². The second kappa shape index (κ2) is 8.56. The quantitative estimate of drug-likeness (QED) is 0.341. The zero-order valence-corrected chi connectivity index (χ0v) is 17.7. The number of amides is 2. The summed E-state index contributed by atoms with van der Waals surface area (Å²) in [5.41, 5.74) is 8.07. The molecule has 8 heteroatoms. The lowest BCUT2D eigenvalue weighted by molar-refractivity contribution is -0.112. The van der Waals surface area contributed by atoms with Gasteiger partial charge < -0.3 is 20.2 Å². The van der Waals surface area contributed by atoms with Crippen LogP contribution in [0.2, 0.25) is 5.02 Å². The predicted molar refractivity (Wildman–Crippen MR) is 122 cm³/mol. The topological polar surface area (TPSA) is 103 Å². The number of nitrogens with one attached hydrogen (secondary N) is 1. The highest BCUT2D eigenvalue weighted by Gasteiger charge is 2.25. The Morgan fingerprint density at radius 2 is 1.75 bits per heavy atom. The van der Waals surface area contributed by atoms with Gasteiger partial charge in [0, 0.05) is 28.5 Å². The molecular weight excluding hydrogens is 430 g/mol. The number of Topliss-reactive ketones (excluding diaryl/α,β-unsaturated/α-hetero) is 1. The van der Waals surface area contributed by atoms with Crippen LogP contribution < -0.4 is 15.8 Å². The SMILES string of the molecule is COc1ccc(-c2cc3ccccn3c2C(=O)C(=O)Nc2ccc(C(N)=O)cc2)cc1Cl. The van der Waals surface area contributed by atoms with Crippen molar-refractivity contribution in [1.29, 1.82) is 0 Å². The summed E-state index contributed by atoms with van der Waals surface area (Å²) in [4.78, 5) is 37.3. The molecule has 0 unspecified atom stereocenters. The van der Waals surface area contributed by atoms with E-state index in [4.69, 9.17) is 22.1 Å². The number of benzene rings is 2. The monoisotopic (exact) mass is 447 g/mol. The van der Waals surface area contributed by atoms with Crippen molar-refractivity contribution >= 4 is 40.4 Å². The fourth-order valence-corrected chi connectivity index (χ4v) is 3.68. The predicted octanol–water partition coefficient (Wildman–Crippen LogP) is 4.19. The number of nitrogens with zero attached hydrogens (tertiary/aromatic N) is 1. The molecule has 0 saturated carbocycles. The standard InChI is InChI=1S/C24H18ClN3O4/c1-32-20-10-7-15(12-19(20)25)18-13-17-4-2-3-11-28(17)21(18)22(29)24(31)27-16-8-5-14(6-9-16)23(26)30/h2-13H,1H3,(H2,26,30)(H,27,31). The third kappa shape index (κ3) is 3.93. The molecule has 0 aliphatic rings. The summed E-state index contributed by atoms with van der Waals surface area (Å²) >= 11 is 6.29. The minimum Gasteiger partial charge on any atom is -0.495 e. The van der Waals surface area contributed by atoms with E-state index in [-0.39, 0.29) is 5.69 Å². The molecular formula is C24H18ClN3O4. The Labute approximate surface area is 188 Å². The number of halogens is 1. The van der Waals surface area contributed by atoms with Gasteiger partial charge in [-0.15, -0.1) is 0 Å². The summed E-state index contributed by atoms with van der Waals surface area (Å²) < 4.78 is 6.86. The molecule has 160 valence electrons. The molecule has 0 radical (unpaired) electrons. The van der Waals surface area contributed by atoms with Crippen LogP contribution >= 0.6 is 11.6 Å². The number of hydrogen-bond donors (Lipinski definition) is 2. The third-order valence-electron chi connectivity index (χ3n) is 4.99. The van der Waals surface area contributed by atoms with Crippen molar-refractivity contribution in [2.45, 2.75) is 0 Å². The lowest BCUT2D eigenvalue weighted by Crippen LogP contribution is -2.24. The zero-order chi connectivity index (χ0) is 22.8. The molecule has 0 atom stereocenters. The molecule has 2 aromatic carbocycles. The molecule has 2 heterocycles. The lowest BCUT2D eigenvalue weighted by Gasteiger charge is -2.09. The number of carbonyl (C=O) groups is 3. The van der Waals surface area contributed by atoms with E-state index < -0.39 is 17.6 Å². The summed E-state index contributed by atoms with van der Waals surface area (Å²) in [6, 6.07) is 18.4. The van der Waals surface area contributed by atoms with Crippen LogP contribution in [0, 0.1) is 0 Å². The maximum atomic E-state index is 13.2. The van der Waals surface area contributed by atoms with Crippen LogP contribution in [0.15, 0.2) is 72.9 Å². The largest absolute Gasteiger partial charge is 0.495 e. The van der Waals surface area contributed by atoms with Crippen molar-refractivity contribution in [2.75, 3.05) is 12.4 Å². The van der Waals surface area contributed by atoms with Gasteiger partial charge in [-0.2, -0.15) is 0 Å². The first-order valence-corrected chi connectivity index (χ1v) is 9.96. The normalized spacial score (nSPS) is 10.7. The fourth-order valence-electron chi connectivity index (χ4n) is 3.42. The molecule has 32 heavy (non-hydrogen) atoms. The molecule has 2 amide bonds. The van der Waals surface area contributed by atoms with Gasteiger partial charge in [0.15, 0.2) is 0 Å². The minimum absolute atomic E-state index is 0.202. The lowest BCUT2D eigenvalue weighted by atomic mass is 10.0. The maximum Gasteiger partial charge on any atom is 0.298 e. The Morgan fingerprint density at radius 1 is 1.00 bits per heavy atom. The van der Waals surface area contributed by atoms with E-state index in [2.05, 4.69) is 5.32 Å². The smallest absolute Gasteiger partial charge is 0.298 e. The van der Waals surface area contributed by atoms with Crippen molar-refractivity contribution in [3.05, 3.63) is 89.2 Å². The van der Waals surface area contributed by atoms with Crippen LogP contribution in [0.3, 0.4) is 0 Å². The Hall–Kier alpha value is -4.10. The molecule has 7 nitrogen and oxygen atoms in total. The average Bonchev–Trinajstić information content (AvgIpc) is 3.18. The number of anilines is 1. The van der Waals surface area contributed by atoms with Gasteiger partial charge in [0.1, 0.15) is 11.4 Å². The number of ketones is 1. The Kier molecular flexibility index (Phi) is 5.66. The van der Waals surface area contributed by atoms with Gasteiger partial charge in [0.25, 0.3) is 11.7 Å². The molecule has 0 saturated heterocycles. The van der Waals surface area contributed by atoms with Crippen LogP contribution in [0.25, 0.3) is 16.6 Å². The molecule has 3 N–H and O–H groups in total. The number of rotatable bonds is 6. The maximum absolute atomic E-state index is 13.2. The fraction of sp³-hybridized carbons (Fsp3) is 0.0417. The van der Waals surface area contributed by atoms with Gasteiger partial charge >= 0.3 is 0 Å². The molecule has 2 aromatic heterocycles. The van der Waals surface area contributed by atoms with Crippen LogP contribution in [-0.4, -0.2) is 29.1 Å². The molecule has 4 rings (SSSR count). The van der Waals surface area contributed by atoms with Crippen LogP contribution in [0.4, 0.5) is 5.69 Å². The Balaban J connectivity index is 1.73. The number of nitrogens with two attached hydrogens (primary N) is 1. The van der Waals surface area contributed by atoms with Crippen molar-refractivity contribution in [2.24, 2.45) is 5.73 Å². The van der Waals surface area contributed by atoms with Gasteiger partial charge in [-0.25, -0.2) is 0 Å². The highest BCUT2D eigenvalue weighted by Crippen LogP contribution is 2.34. The van der Waals surface area contributed by atoms with Crippen LogP contribution in [0.1, 0.15) is 20.8 Å². The number of fused-ring (bicyclic) bond motifs is 1. The van der Waals surface area contributed by atoms with Gasteiger partial charge in [-0.05, 0) is 60.2 Å². The number of primary amides is 1. The molecule has 0 fully saturated rings. The van der Waals surface area contributed by atoms with Crippen molar-refractivity contribution < 1.29 is 19.1 Å². The molecule has 0 aliphatic heterocycles. The van der Waals surface area contributed by atoms with Crippen LogP contribution in [-0.2, 0) is 4.79 Å². The molecule has 0 bridgehead atoms. The number of pyridine rings is 1. The first kappa shape index (κ1) is 21.1. The summed E-state index contributed by atoms with van der Waals surface area (Å²) in [7, 11) is 1.52. The first-order valence-electron chi connectivity index (χ1n) is 9.58. The minimum atomic E-state index is -0.818. The summed E-state index contributed by atoms with van der Waals surface area (Å²) in [6.07, 6.45) is 1.71. The number of hydrogen-bond acceptors (Lipinski definition) is 4. The van der Waals surface area contributed by atoms with E-state index >= 15 is 0 Å². The van der Waals surface area contributed by atoms with Gasteiger partial charge in [0.2, 0.25) is 5.91 Å². The van der Waals surface area contributed by atoms with E-state index in [9.17, 15) is 14.4 Å². The Bertz CT molecular complexity index is 1360. The number of aromatic nitrogens is 1. The molecule has 0 aliphatic carbocycles. The number of ether oxygens (including phenoxy) is 1.